The van der Waals surface area contributed by atoms with Crippen molar-refractivity contribution in [3.05, 3.63) is 29.8 Å². The number of carbonyl (C=O) groups excluding carboxylic acids is 1. The summed E-state index contributed by atoms with van der Waals surface area (Å²) in [6.07, 6.45) is 2.73. The Bertz CT molecular complexity index is 777. The number of carbonyl (C=O) groups is 1. The smallest absolute Gasteiger partial charge is 0.250 e. The quantitative estimate of drug-likeness (QED) is 0.210. The van der Waals surface area contributed by atoms with Gasteiger partial charge in [0.2, 0.25) is 8.32 Å². The molecule has 0 unspecified atom stereocenters. The molecule has 0 amide bonds. The summed E-state index contributed by atoms with van der Waals surface area (Å²) in [7, 11) is -2.12. The summed E-state index contributed by atoms with van der Waals surface area (Å²) in [5.74, 6) is 1.04. The van der Waals surface area contributed by atoms with Crippen LogP contribution in [0.4, 0.5) is 0 Å². The second-order valence-electron chi connectivity index (χ2n) is 13.1. The van der Waals surface area contributed by atoms with Crippen molar-refractivity contribution in [3.63, 3.8) is 0 Å². The first-order valence-electron chi connectivity index (χ1n) is 12.8. The van der Waals surface area contributed by atoms with Crippen LogP contribution in [0.1, 0.15) is 79.9 Å². The maximum Gasteiger partial charge on any atom is 0.250 e. The Morgan fingerprint density at radius 1 is 0.912 bits per heavy atom. The van der Waals surface area contributed by atoms with Gasteiger partial charge in [-0.3, -0.25) is 0 Å². The molecule has 4 nitrogen and oxygen atoms in total. The molecule has 0 fully saturated rings. The Labute approximate surface area is 212 Å². The third kappa shape index (κ3) is 8.32. The molecule has 34 heavy (non-hydrogen) atoms. The van der Waals surface area contributed by atoms with E-state index in [9.17, 15) is 4.79 Å². The van der Waals surface area contributed by atoms with Crippen molar-refractivity contribution < 1.29 is 18.4 Å². The van der Waals surface area contributed by atoms with Gasteiger partial charge in [0.1, 0.15) is 12.0 Å². The fraction of sp³-hybridized carbons (Fsp3) is 0.750. The van der Waals surface area contributed by atoms with Gasteiger partial charge in [-0.05, 0) is 72.7 Å². The molecule has 1 aromatic rings. The minimum Gasteiger partial charge on any atom is -0.543 e. The Kier molecular flexibility index (Phi) is 10.8. The van der Waals surface area contributed by atoms with Gasteiger partial charge in [0.05, 0.1) is 12.2 Å². The monoisotopic (exact) mass is 508 g/mol. The number of ether oxygens (including phenoxy) is 1. The highest BCUT2D eigenvalue weighted by atomic mass is 28.4. The van der Waals surface area contributed by atoms with E-state index in [1.807, 2.05) is 13.0 Å². The summed E-state index contributed by atoms with van der Waals surface area (Å²) in [6.45, 7) is 26.7. The van der Waals surface area contributed by atoms with Gasteiger partial charge in [0, 0.05) is 13.0 Å². The van der Waals surface area contributed by atoms with E-state index in [-0.39, 0.29) is 34.1 Å². The Morgan fingerprint density at radius 2 is 1.47 bits per heavy atom. The zero-order valence-corrected chi connectivity index (χ0v) is 26.2. The highest BCUT2D eigenvalue weighted by Crippen LogP contribution is 2.40. The van der Waals surface area contributed by atoms with Crippen LogP contribution in [0, 0.1) is 11.8 Å². The average molecular weight is 509 g/mol. The van der Waals surface area contributed by atoms with Crippen LogP contribution in [-0.2, 0) is 14.0 Å². The number of methoxy groups -OCH3 is 1. The van der Waals surface area contributed by atoms with Crippen LogP contribution in [0.15, 0.2) is 24.3 Å². The van der Waals surface area contributed by atoms with Gasteiger partial charge >= 0.3 is 0 Å². The molecular weight excluding hydrogens is 456 g/mol. The van der Waals surface area contributed by atoms with Crippen molar-refractivity contribution in [2.24, 2.45) is 11.8 Å². The summed E-state index contributed by atoms with van der Waals surface area (Å²) >= 11 is 0. The predicted molar refractivity (Wildman–Crippen MR) is 150 cm³/mol. The summed E-state index contributed by atoms with van der Waals surface area (Å²) in [5.41, 5.74) is 1.14. The molecule has 0 heterocycles. The lowest BCUT2D eigenvalue weighted by atomic mass is 9.89. The lowest BCUT2D eigenvalue weighted by Crippen LogP contribution is -2.47. The van der Waals surface area contributed by atoms with Gasteiger partial charge in [-0.15, -0.1) is 0 Å². The second kappa shape index (κ2) is 11.9. The summed E-state index contributed by atoms with van der Waals surface area (Å²) in [6, 6.07) is 8.37. The normalized spacial score (nSPS) is 17.1. The Morgan fingerprint density at radius 3 is 1.94 bits per heavy atom. The molecule has 0 N–H and O–H groups in total. The molecule has 1 aromatic carbocycles. The van der Waals surface area contributed by atoms with Gasteiger partial charge in [-0.2, -0.15) is 0 Å². The average Bonchev–Trinajstić information content (AvgIpc) is 2.70. The molecule has 4 atom stereocenters. The zero-order valence-electron chi connectivity index (χ0n) is 24.2. The molecule has 0 saturated carbocycles. The van der Waals surface area contributed by atoms with E-state index in [0.29, 0.717) is 0 Å². The Hall–Kier alpha value is -0.956. The van der Waals surface area contributed by atoms with Gasteiger partial charge in [-0.1, -0.05) is 67.5 Å². The van der Waals surface area contributed by atoms with E-state index in [2.05, 4.69) is 92.9 Å². The van der Waals surface area contributed by atoms with Gasteiger partial charge in [0.15, 0.2) is 8.32 Å². The molecule has 0 aromatic heterocycles. The van der Waals surface area contributed by atoms with Crippen LogP contribution in [-0.4, -0.2) is 36.1 Å². The van der Waals surface area contributed by atoms with Gasteiger partial charge < -0.3 is 18.4 Å². The standard InChI is InChI=1S/C28H52O4Si2/c1-21(26(22(2)20-29)32-34(12,13)28(6,7)8)17-18-25(30-9)23-15-14-16-24(19-23)31-33(10,11)27(3,4)5/h14-16,19-22,25-26H,17-18H2,1-13H3/t21-,22-,25-,26+/m0/s1. The number of hydrogen-bond acceptors (Lipinski definition) is 4. The number of hydrogen-bond donors (Lipinski definition) is 0. The topological polar surface area (TPSA) is 44.8 Å². The number of rotatable bonds is 12. The largest absolute Gasteiger partial charge is 0.543 e. The number of benzene rings is 1. The second-order valence-corrected chi connectivity index (χ2v) is 22.5. The van der Waals surface area contributed by atoms with Crippen LogP contribution in [0.2, 0.25) is 36.3 Å². The van der Waals surface area contributed by atoms with Crippen LogP contribution < -0.4 is 4.43 Å². The molecule has 0 aliphatic rings. The third-order valence-electron chi connectivity index (χ3n) is 8.11. The van der Waals surface area contributed by atoms with Crippen LogP contribution in [0.25, 0.3) is 0 Å². The Balaban J connectivity index is 2.99. The van der Waals surface area contributed by atoms with Crippen molar-refractivity contribution in [2.75, 3.05) is 7.11 Å². The minimum absolute atomic E-state index is 0.0227. The number of aldehydes is 1. The lowest BCUT2D eigenvalue weighted by Gasteiger charge is -2.42. The first-order chi connectivity index (χ1) is 15.4. The fourth-order valence-corrected chi connectivity index (χ4v) is 6.06. The molecule has 0 spiro atoms. The molecule has 0 aliphatic carbocycles. The van der Waals surface area contributed by atoms with Crippen LogP contribution in [0.5, 0.6) is 5.75 Å². The fourth-order valence-electron chi connectivity index (χ4n) is 3.56. The first kappa shape index (κ1) is 31.1. The van der Waals surface area contributed by atoms with E-state index in [0.717, 1.165) is 30.4 Å². The molecule has 0 aliphatic heterocycles. The van der Waals surface area contributed by atoms with Crippen molar-refractivity contribution in [2.45, 2.75) is 117 Å². The van der Waals surface area contributed by atoms with Crippen molar-refractivity contribution in [1.82, 2.24) is 0 Å². The maximum atomic E-state index is 11.7. The SMILES string of the molecule is CO[C@@H](CC[C@H](C)[C@@H](O[Si](C)(C)C(C)(C)C)[C@@H](C)C=O)c1cccc(O[Si](C)(C)C(C)(C)C)c1. The van der Waals surface area contributed by atoms with Gasteiger partial charge in [0.25, 0.3) is 0 Å². The third-order valence-corrected chi connectivity index (χ3v) is 16.9. The van der Waals surface area contributed by atoms with Crippen LogP contribution in [0.3, 0.4) is 0 Å². The first-order valence-corrected chi connectivity index (χ1v) is 18.6. The van der Waals surface area contributed by atoms with Crippen molar-refractivity contribution in [1.29, 1.82) is 0 Å². The highest BCUT2D eigenvalue weighted by Gasteiger charge is 2.41. The van der Waals surface area contributed by atoms with E-state index >= 15 is 0 Å². The lowest BCUT2D eigenvalue weighted by molar-refractivity contribution is -0.114. The predicted octanol–water partition coefficient (Wildman–Crippen LogP) is 8.40. The maximum absolute atomic E-state index is 11.7. The highest BCUT2D eigenvalue weighted by molar-refractivity contribution is 6.75. The minimum atomic E-state index is -1.99. The summed E-state index contributed by atoms with van der Waals surface area (Å²) in [5, 5.41) is 0.251. The van der Waals surface area contributed by atoms with Crippen LogP contribution >= 0.6 is 0 Å². The molecule has 1 rings (SSSR count). The molecule has 6 heteroatoms. The molecule has 0 bridgehead atoms. The summed E-state index contributed by atoms with van der Waals surface area (Å²) < 4.78 is 19.2. The molecular formula is C28H52O4Si2. The van der Waals surface area contributed by atoms with Crippen molar-refractivity contribution in [3.8, 4) is 5.75 Å². The summed E-state index contributed by atoms with van der Waals surface area (Å²) in [4.78, 5) is 11.7. The zero-order chi connectivity index (χ0) is 26.5. The van der Waals surface area contributed by atoms with E-state index in [1.165, 1.54) is 0 Å². The van der Waals surface area contributed by atoms with E-state index < -0.39 is 16.6 Å². The molecule has 0 saturated heterocycles. The van der Waals surface area contributed by atoms with E-state index in [4.69, 9.17) is 13.6 Å². The van der Waals surface area contributed by atoms with E-state index in [1.54, 1.807) is 7.11 Å². The molecule has 0 radical (unpaired) electrons. The molecule has 196 valence electrons. The van der Waals surface area contributed by atoms with Crippen molar-refractivity contribution >= 4 is 22.9 Å². The van der Waals surface area contributed by atoms with Gasteiger partial charge in [-0.25, -0.2) is 0 Å².